The Labute approximate surface area is 194 Å². The van der Waals surface area contributed by atoms with E-state index in [9.17, 15) is 4.79 Å². The highest BCUT2D eigenvalue weighted by molar-refractivity contribution is 5.68. The first-order chi connectivity index (χ1) is 16.2. The first-order valence-electron chi connectivity index (χ1n) is 11.7. The van der Waals surface area contributed by atoms with Crippen molar-refractivity contribution in [1.29, 1.82) is 0 Å². The number of hydrogen-bond donors (Lipinski definition) is 4. The fourth-order valence-electron chi connectivity index (χ4n) is 4.00. The number of rotatable bonds is 10. The van der Waals surface area contributed by atoms with E-state index in [0.29, 0.717) is 18.9 Å². The largest absolute Gasteiger partial charge is 0.346 e. The second kappa shape index (κ2) is 11.2. The van der Waals surface area contributed by atoms with Gasteiger partial charge in [-0.1, -0.05) is 81.3 Å². The maximum Gasteiger partial charge on any atom is 0.346 e. The van der Waals surface area contributed by atoms with Crippen molar-refractivity contribution >= 4 is 6.08 Å². The van der Waals surface area contributed by atoms with Crippen molar-refractivity contribution in [2.24, 2.45) is 0 Å². The predicted molar refractivity (Wildman–Crippen MR) is 132 cm³/mol. The van der Waals surface area contributed by atoms with Gasteiger partial charge in [0.2, 0.25) is 0 Å². The van der Waals surface area contributed by atoms with Crippen LogP contribution in [0.2, 0.25) is 0 Å². The smallest absolute Gasteiger partial charge is 0.271 e. The van der Waals surface area contributed by atoms with Crippen molar-refractivity contribution in [3.8, 4) is 11.1 Å². The maximum absolute atomic E-state index is 13.0. The van der Waals surface area contributed by atoms with Crippen LogP contribution in [0.25, 0.3) is 17.2 Å². The van der Waals surface area contributed by atoms with E-state index in [4.69, 9.17) is 0 Å². The van der Waals surface area contributed by atoms with Gasteiger partial charge in [0, 0.05) is 6.54 Å². The van der Waals surface area contributed by atoms with E-state index in [1.54, 1.807) is 9.25 Å². The molecule has 0 atom stereocenters. The number of benzene rings is 2. The molecular formula is C25H33N7O. The summed E-state index contributed by atoms with van der Waals surface area (Å²) in [4.78, 5) is 13.0. The molecule has 2 aromatic carbocycles. The SMILES string of the molecule is CC/C=C/c1nn(CCCCC)c(=O)n1Cc1ccc(-c2ccccc2C2NNNN2)cc1. The lowest BCUT2D eigenvalue weighted by Gasteiger charge is -2.15. The average molecular weight is 448 g/mol. The summed E-state index contributed by atoms with van der Waals surface area (Å²) in [5.41, 5.74) is 16.5. The molecule has 8 heteroatoms. The first-order valence-corrected chi connectivity index (χ1v) is 11.7. The Morgan fingerprint density at radius 3 is 2.48 bits per heavy atom. The van der Waals surface area contributed by atoms with Crippen LogP contribution in [-0.4, -0.2) is 14.3 Å². The molecule has 8 nitrogen and oxygen atoms in total. The van der Waals surface area contributed by atoms with Crippen LogP contribution >= 0.6 is 0 Å². The molecular weight excluding hydrogens is 414 g/mol. The van der Waals surface area contributed by atoms with E-state index >= 15 is 0 Å². The third kappa shape index (κ3) is 5.48. The number of nitrogens with zero attached hydrogens (tertiary/aromatic N) is 3. The summed E-state index contributed by atoms with van der Waals surface area (Å²) in [6.45, 7) is 5.40. The zero-order chi connectivity index (χ0) is 23.0. The minimum absolute atomic E-state index is 0.0362. The van der Waals surface area contributed by atoms with Crippen LogP contribution in [0.15, 0.2) is 59.4 Å². The van der Waals surface area contributed by atoms with Crippen molar-refractivity contribution in [2.45, 2.75) is 58.8 Å². The summed E-state index contributed by atoms with van der Waals surface area (Å²) in [6, 6.07) is 16.7. The summed E-state index contributed by atoms with van der Waals surface area (Å²) in [6.07, 6.45) is 8.05. The van der Waals surface area contributed by atoms with Gasteiger partial charge < -0.3 is 0 Å². The highest BCUT2D eigenvalue weighted by Gasteiger charge is 2.18. The first kappa shape index (κ1) is 23.1. The van der Waals surface area contributed by atoms with Gasteiger partial charge in [0.05, 0.1) is 6.54 Å². The minimum Gasteiger partial charge on any atom is -0.271 e. The van der Waals surface area contributed by atoms with Crippen molar-refractivity contribution < 1.29 is 0 Å². The molecule has 3 aromatic rings. The Morgan fingerprint density at radius 2 is 1.76 bits per heavy atom. The van der Waals surface area contributed by atoms with Crippen molar-refractivity contribution in [1.82, 2.24) is 36.3 Å². The normalized spacial score (nSPS) is 14.5. The third-order valence-corrected chi connectivity index (χ3v) is 5.80. The summed E-state index contributed by atoms with van der Waals surface area (Å²) < 4.78 is 3.38. The van der Waals surface area contributed by atoms with Gasteiger partial charge in [-0.2, -0.15) is 16.2 Å². The average Bonchev–Trinajstić information content (AvgIpc) is 3.48. The molecule has 0 radical (unpaired) electrons. The molecule has 0 aliphatic carbocycles. The van der Waals surface area contributed by atoms with Gasteiger partial charge in [-0.3, -0.25) is 4.57 Å². The fraction of sp³-hybridized carbons (Fsp3) is 0.360. The third-order valence-electron chi connectivity index (χ3n) is 5.80. The Bertz CT molecular complexity index is 1120. The molecule has 1 fully saturated rings. The van der Waals surface area contributed by atoms with Crippen molar-refractivity contribution in [3.05, 3.63) is 82.0 Å². The number of aryl methyl sites for hydroxylation is 1. The van der Waals surface area contributed by atoms with E-state index in [2.05, 4.69) is 77.3 Å². The molecule has 0 amide bonds. The van der Waals surface area contributed by atoms with E-state index in [-0.39, 0.29) is 11.9 Å². The van der Waals surface area contributed by atoms with Crippen LogP contribution in [0.3, 0.4) is 0 Å². The zero-order valence-corrected chi connectivity index (χ0v) is 19.3. The topological polar surface area (TPSA) is 87.9 Å². The Kier molecular flexibility index (Phi) is 7.85. The van der Waals surface area contributed by atoms with Crippen molar-refractivity contribution in [2.75, 3.05) is 0 Å². The standard InChI is InChI=1S/C25H33N7O/c1-3-5-9-17-32-25(33)31(23(28-32)12-6-4-2)18-19-13-15-20(16-14-19)21-10-7-8-11-22(21)24-26-29-30-27-24/h6-8,10-16,24,26-27,29-30H,3-5,9,17-18H2,1-2H3/b12-6+. The summed E-state index contributed by atoms with van der Waals surface area (Å²) in [5, 5.41) is 4.59. The Balaban J connectivity index is 1.57. The Hall–Kier alpha value is -3.04. The number of hydrogen-bond acceptors (Lipinski definition) is 6. The summed E-state index contributed by atoms with van der Waals surface area (Å²) >= 11 is 0. The van der Waals surface area contributed by atoms with Gasteiger partial charge in [-0.15, -0.1) is 0 Å². The number of hydrazine groups is 3. The van der Waals surface area contributed by atoms with Crippen LogP contribution in [0.5, 0.6) is 0 Å². The molecule has 0 bridgehead atoms. The molecule has 1 aliphatic heterocycles. The number of allylic oxidation sites excluding steroid dienone is 1. The number of unbranched alkanes of at least 4 members (excludes halogenated alkanes) is 2. The summed E-state index contributed by atoms with van der Waals surface area (Å²) in [5.74, 6) is 0.714. The van der Waals surface area contributed by atoms with Crippen LogP contribution in [0.1, 0.15) is 62.6 Å². The van der Waals surface area contributed by atoms with Gasteiger partial charge >= 0.3 is 5.69 Å². The molecule has 33 heavy (non-hydrogen) atoms. The van der Waals surface area contributed by atoms with Crippen LogP contribution in [0, 0.1) is 0 Å². The Morgan fingerprint density at radius 1 is 1.00 bits per heavy atom. The van der Waals surface area contributed by atoms with E-state index in [0.717, 1.165) is 47.9 Å². The van der Waals surface area contributed by atoms with Gasteiger partial charge in [0.25, 0.3) is 0 Å². The highest BCUT2D eigenvalue weighted by Crippen LogP contribution is 2.28. The molecule has 0 unspecified atom stereocenters. The van der Waals surface area contributed by atoms with Crippen molar-refractivity contribution in [3.63, 3.8) is 0 Å². The molecule has 4 N–H and O–H groups in total. The second-order valence-corrected chi connectivity index (χ2v) is 8.22. The van der Waals surface area contributed by atoms with Crippen LogP contribution in [0.4, 0.5) is 0 Å². The van der Waals surface area contributed by atoms with E-state index < -0.39 is 0 Å². The lowest BCUT2D eigenvalue weighted by molar-refractivity contribution is 0.531. The molecule has 1 saturated heterocycles. The van der Waals surface area contributed by atoms with E-state index in [1.165, 1.54) is 0 Å². The lowest BCUT2D eigenvalue weighted by Crippen LogP contribution is -2.33. The van der Waals surface area contributed by atoms with Crippen LogP contribution in [-0.2, 0) is 13.1 Å². The predicted octanol–water partition coefficient (Wildman–Crippen LogP) is 3.49. The summed E-state index contributed by atoms with van der Waals surface area (Å²) in [7, 11) is 0. The van der Waals surface area contributed by atoms with E-state index in [1.807, 2.05) is 24.3 Å². The monoisotopic (exact) mass is 447 g/mol. The van der Waals surface area contributed by atoms with Gasteiger partial charge in [0.1, 0.15) is 6.17 Å². The van der Waals surface area contributed by atoms with Gasteiger partial charge in [-0.05, 0) is 41.2 Å². The molecule has 0 spiro atoms. The van der Waals surface area contributed by atoms with Crippen LogP contribution < -0.4 is 27.6 Å². The van der Waals surface area contributed by atoms with Gasteiger partial charge in [-0.25, -0.2) is 20.3 Å². The quantitative estimate of drug-likeness (QED) is 0.356. The number of nitrogens with one attached hydrogen (secondary N) is 4. The lowest BCUT2D eigenvalue weighted by atomic mass is 9.97. The second-order valence-electron chi connectivity index (χ2n) is 8.22. The number of aromatic nitrogens is 3. The highest BCUT2D eigenvalue weighted by atomic mass is 16.2. The molecule has 0 saturated carbocycles. The zero-order valence-electron chi connectivity index (χ0n) is 19.3. The molecule has 174 valence electrons. The molecule has 1 aromatic heterocycles. The fourth-order valence-corrected chi connectivity index (χ4v) is 4.00. The molecule has 2 heterocycles. The molecule has 1 aliphatic rings. The van der Waals surface area contributed by atoms with Gasteiger partial charge in [0.15, 0.2) is 5.82 Å². The maximum atomic E-state index is 13.0. The molecule has 4 rings (SSSR count). The minimum atomic E-state index is -0.0466.